The number of hydrogen-bond acceptors (Lipinski definition) is 2. The van der Waals surface area contributed by atoms with Crippen molar-refractivity contribution in [1.82, 2.24) is 10.6 Å². The van der Waals surface area contributed by atoms with Crippen molar-refractivity contribution in [1.29, 1.82) is 0 Å². The number of hydrogen-bond donors (Lipinski definition) is 2. The highest BCUT2D eigenvalue weighted by Crippen LogP contribution is 2.18. The fourth-order valence-corrected chi connectivity index (χ4v) is 2.33. The summed E-state index contributed by atoms with van der Waals surface area (Å²) in [6.07, 6.45) is 2.51. The number of likely N-dealkylation sites (N-methyl/N-ethyl adjacent to an activating group) is 1. The number of nitrogens with zero attached hydrogens (tertiary/aromatic N) is 1. The predicted molar refractivity (Wildman–Crippen MR) is 85.8 cm³/mol. The van der Waals surface area contributed by atoms with Crippen LogP contribution in [0.3, 0.4) is 0 Å². The summed E-state index contributed by atoms with van der Waals surface area (Å²) in [6.45, 7) is 7.16. The zero-order valence-corrected chi connectivity index (χ0v) is 12.6. The Kier molecular flexibility index (Phi) is 5.02. The van der Waals surface area contributed by atoms with Crippen LogP contribution >= 0.6 is 12.2 Å². The highest BCUT2D eigenvalue weighted by atomic mass is 32.1. The second kappa shape index (κ2) is 6.75. The van der Waals surface area contributed by atoms with Crippen molar-refractivity contribution >= 4 is 23.0 Å². The summed E-state index contributed by atoms with van der Waals surface area (Å²) in [6, 6.07) is 9.25. The van der Waals surface area contributed by atoms with Crippen molar-refractivity contribution in [3.63, 3.8) is 0 Å². The quantitative estimate of drug-likeness (QED) is 0.781. The van der Waals surface area contributed by atoms with Crippen molar-refractivity contribution in [3.05, 3.63) is 29.8 Å². The van der Waals surface area contributed by atoms with Gasteiger partial charge in [0.15, 0.2) is 5.11 Å². The molecule has 1 aliphatic carbocycles. The van der Waals surface area contributed by atoms with Crippen molar-refractivity contribution in [3.8, 4) is 0 Å². The third-order valence-corrected chi connectivity index (χ3v) is 3.59. The summed E-state index contributed by atoms with van der Waals surface area (Å²) in [5.74, 6) is 0. The molecule has 0 amide bonds. The molecule has 4 heteroatoms. The first-order chi connectivity index (χ1) is 9.19. The van der Waals surface area contributed by atoms with Crippen LogP contribution in [0, 0.1) is 6.92 Å². The van der Waals surface area contributed by atoms with Gasteiger partial charge in [-0.3, -0.25) is 0 Å². The molecule has 0 aliphatic heterocycles. The minimum Gasteiger partial charge on any atom is -0.370 e. The number of thiocarbonyl (C=S) groups is 1. The van der Waals surface area contributed by atoms with Gasteiger partial charge in [-0.15, -0.1) is 0 Å². The molecular formula is C15H23N3S. The van der Waals surface area contributed by atoms with Crippen LogP contribution in [-0.4, -0.2) is 30.8 Å². The summed E-state index contributed by atoms with van der Waals surface area (Å²) in [7, 11) is 0. The summed E-state index contributed by atoms with van der Waals surface area (Å²) in [5, 5.41) is 7.37. The van der Waals surface area contributed by atoms with Gasteiger partial charge in [0.2, 0.25) is 0 Å². The molecule has 0 saturated heterocycles. The summed E-state index contributed by atoms with van der Waals surface area (Å²) >= 11 is 5.26. The smallest absolute Gasteiger partial charge is 0.166 e. The Hall–Kier alpha value is -1.29. The van der Waals surface area contributed by atoms with Gasteiger partial charge in [-0.25, -0.2) is 0 Å². The van der Waals surface area contributed by atoms with E-state index in [2.05, 4.69) is 53.6 Å². The number of benzene rings is 1. The predicted octanol–water partition coefficient (Wildman–Crippen LogP) is 2.45. The van der Waals surface area contributed by atoms with Crippen LogP contribution in [0.25, 0.3) is 0 Å². The van der Waals surface area contributed by atoms with E-state index in [1.807, 2.05) is 0 Å². The van der Waals surface area contributed by atoms with Crippen LogP contribution in [0.15, 0.2) is 24.3 Å². The lowest BCUT2D eigenvalue weighted by Gasteiger charge is -2.24. The lowest BCUT2D eigenvalue weighted by Crippen LogP contribution is -2.41. The van der Waals surface area contributed by atoms with E-state index in [-0.39, 0.29) is 0 Å². The molecule has 0 unspecified atom stereocenters. The van der Waals surface area contributed by atoms with Gasteiger partial charge in [0.05, 0.1) is 0 Å². The van der Waals surface area contributed by atoms with Gasteiger partial charge in [0.25, 0.3) is 0 Å². The lowest BCUT2D eigenvalue weighted by atomic mass is 10.2. The van der Waals surface area contributed by atoms with Crippen LogP contribution in [0.1, 0.15) is 25.3 Å². The van der Waals surface area contributed by atoms with E-state index < -0.39 is 0 Å². The highest BCUT2D eigenvalue weighted by molar-refractivity contribution is 7.80. The van der Waals surface area contributed by atoms with Gasteiger partial charge in [0, 0.05) is 31.4 Å². The molecule has 1 aromatic rings. The Morgan fingerprint density at radius 2 is 2.21 bits per heavy atom. The fourth-order valence-electron chi connectivity index (χ4n) is 2.06. The maximum Gasteiger partial charge on any atom is 0.166 e. The van der Waals surface area contributed by atoms with Crippen LogP contribution in [-0.2, 0) is 0 Å². The Balaban J connectivity index is 1.77. The second-order valence-corrected chi connectivity index (χ2v) is 5.50. The summed E-state index contributed by atoms with van der Waals surface area (Å²) in [5.41, 5.74) is 2.58. The Bertz CT molecular complexity index is 429. The molecular weight excluding hydrogens is 254 g/mol. The first-order valence-electron chi connectivity index (χ1n) is 7.05. The normalized spacial score (nSPS) is 14.0. The molecule has 1 aliphatic rings. The molecule has 104 valence electrons. The van der Waals surface area contributed by atoms with E-state index in [0.717, 1.165) is 24.7 Å². The van der Waals surface area contributed by atoms with Gasteiger partial charge in [0.1, 0.15) is 0 Å². The van der Waals surface area contributed by atoms with E-state index in [1.165, 1.54) is 24.1 Å². The van der Waals surface area contributed by atoms with Crippen LogP contribution in [0.4, 0.5) is 5.69 Å². The van der Waals surface area contributed by atoms with Crippen molar-refractivity contribution in [2.75, 3.05) is 24.5 Å². The minimum atomic E-state index is 0.624. The van der Waals surface area contributed by atoms with Crippen LogP contribution in [0.2, 0.25) is 0 Å². The van der Waals surface area contributed by atoms with Gasteiger partial charge < -0.3 is 15.5 Å². The Morgan fingerprint density at radius 1 is 1.42 bits per heavy atom. The largest absolute Gasteiger partial charge is 0.370 e. The average molecular weight is 277 g/mol. The molecule has 19 heavy (non-hydrogen) atoms. The average Bonchev–Trinajstić information content (AvgIpc) is 3.18. The maximum absolute atomic E-state index is 5.26. The Labute approximate surface area is 121 Å². The number of aryl methyl sites for hydroxylation is 1. The van der Waals surface area contributed by atoms with E-state index in [1.54, 1.807) is 0 Å². The molecule has 0 heterocycles. The third kappa shape index (κ3) is 4.71. The van der Waals surface area contributed by atoms with E-state index in [0.29, 0.717) is 6.04 Å². The summed E-state index contributed by atoms with van der Waals surface area (Å²) < 4.78 is 0. The highest BCUT2D eigenvalue weighted by Gasteiger charge is 2.21. The topological polar surface area (TPSA) is 27.3 Å². The molecule has 0 bridgehead atoms. The summed E-state index contributed by atoms with van der Waals surface area (Å²) in [4.78, 5) is 2.36. The zero-order valence-electron chi connectivity index (χ0n) is 11.8. The van der Waals surface area contributed by atoms with Gasteiger partial charge in [-0.2, -0.15) is 0 Å². The first kappa shape index (κ1) is 14.1. The van der Waals surface area contributed by atoms with Crippen molar-refractivity contribution in [2.45, 2.75) is 32.7 Å². The molecule has 0 atom stereocenters. The van der Waals surface area contributed by atoms with Crippen LogP contribution < -0.4 is 15.5 Å². The second-order valence-electron chi connectivity index (χ2n) is 5.09. The molecule has 2 N–H and O–H groups in total. The monoisotopic (exact) mass is 277 g/mol. The number of nitrogens with one attached hydrogen (secondary N) is 2. The molecule has 3 nitrogen and oxygen atoms in total. The standard InChI is InChI=1S/C15H23N3S/c1-3-18(14-6-4-5-12(2)11-14)10-9-16-15(19)17-13-7-8-13/h4-6,11,13H,3,7-10H2,1-2H3,(H2,16,17,19). The number of anilines is 1. The van der Waals surface area contributed by atoms with E-state index in [9.17, 15) is 0 Å². The molecule has 1 aromatic carbocycles. The molecule has 1 saturated carbocycles. The maximum atomic E-state index is 5.26. The zero-order chi connectivity index (χ0) is 13.7. The van der Waals surface area contributed by atoms with E-state index >= 15 is 0 Å². The van der Waals surface area contributed by atoms with Gasteiger partial charge >= 0.3 is 0 Å². The first-order valence-corrected chi connectivity index (χ1v) is 7.46. The third-order valence-electron chi connectivity index (χ3n) is 3.33. The Morgan fingerprint density at radius 3 is 2.84 bits per heavy atom. The molecule has 0 radical (unpaired) electrons. The van der Waals surface area contributed by atoms with Crippen molar-refractivity contribution in [2.24, 2.45) is 0 Å². The fraction of sp³-hybridized carbons (Fsp3) is 0.533. The minimum absolute atomic E-state index is 0.624. The van der Waals surface area contributed by atoms with Gasteiger partial charge in [-0.05, 0) is 56.6 Å². The molecule has 0 aromatic heterocycles. The molecule has 0 spiro atoms. The lowest BCUT2D eigenvalue weighted by molar-refractivity contribution is 0.759. The van der Waals surface area contributed by atoms with Gasteiger partial charge in [-0.1, -0.05) is 12.1 Å². The van der Waals surface area contributed by atoms with E-state index in [4.69, 9.17) is 12.2 Å². The molecule has 1 fully saturated rings. The van der Waals surface area contributed by atoms with Crippen molar-refractivity contribution < 1.29 is 0 Å². The SMILES string of the molecule is CCN(CCNC(=S)NC1CC1)c1cccc(C)c1. The van der Waals surface area contributed by atoms with Crippen LogP contribution in [0.5, 0.6) is 0 Å². The number of rotatable bonds is 6. The molecule has 2 rings (SSSR count).